The fraction of sp³-hybridized carbons (Fsp3) is 0. The molecule has 0 unspecified atom stereocenters. The Hall–Kier alpha value is -4.18. The number of para-hydroxylation sites is 2. The van der Waals surface area contributed by atoms with Crippen molar-refractivity contribution in [1.29, 1.82) is 0 Å². The van der Waals surface area contributed by atoms with Crippen LogP contribution in [0.3, 0.4) is 0 Å². The van der Waals surface area contributed by atoms with E-state index in [9.17, 15) is 0 Å². The lowest BCUT2D eigenvalue weighted by Crippen LogP contribution is -2.78. The Kier molecular flexibility index (Phi) is 5.90. The van der Waals surface area contributed by atoms with Gasteiger partial charge in [-0.3, -0.25) is 0 Å². The normalized spacial score (nSPS) is 10.5. The predicted molar refractivity (Wildman–Crippen MR) is 133 cm³/mol. The van der Waals surface area contributed by atoms with Gasteiger partial charge in [-0.25, -0.2) is 0 Å². The number of hydrogen-bond donors (Lipinski definition) is 0. The average molecular weight is 415 g/mol. The molecule has 0 aliphatic rings. The summed E-state index contributed by atoms with van der Waals surface area (Å²) < 4.78 is 4.09. The molecule has 0 radical (unpaired) electrons. The lowest BCUT2D eigenvalue weighted by molar-refractivity contribution is 1.30. The number of anilines is 2. The topological polar surface area (TPSA) is 6.48 Å². The summed E-state index contributed by atoms with van der Waals surface area (Å²) in [5, 5.41) is 2.20. The van der Waals surface area contributed by atoms with Crippen LogP contribution in [-0.2, 0) is 0 Å². The zero-order chi connectivity index (χ0) is 21.5. The molecule has 148 valence electrons. The monoisotopic (exact) mass is 414 g/mol. The van der Waals surface area contributed by atoms with E-state index in [2.05, 4.69) is 36.4 Å². The second-order valence-corrected chi connectivity index (χ2v) is 10.4. The van der Waals surface area contributed by atoms with Crippen molar-refractivity contribution < 1.29 is 0 Å². The molecule has 0 aliphatic carbocycles. The number of terminal acetylenes is 2. The third-order valence-corrected chi connectivity index (χ3v) is 9.63. The molecule has 31 heavy (non-hydrogen) atoms. The van der Waals surface area contributed by atoms with Gasteiger partial charge in [0, 0.05) is 23.5 Å². The van der Waals surface area contributed by atoms with E-state index in [-0.39, 0.29) is 0 Å². The van der Waals surface area contributed by atoms with Gasteiger partial charge in [-0.05, 0) is 34.6 Å². The van der Waals surface area contributed by atoms with Gasteiger partial charge in [0.1, 0.15) is 0 Å². The van der Waals surface area contributed by atoms with E-state index in [1.165, 1.54) is 0 Å². The first-order valence-corrected chi connectivity index (χ1v) is 12.0. The summed E-state index contributed by atoms with van der Waals surface area (Å²) in [5.74, 6) is 0. The molecular formula is C28H22N2Si. The molecule has 0 atom stereocenters. The molecule has 4 rings (SSSR count). The largest absolute Gasteiger partial charge is 0.355 e. The summed E-state index contributed by atoms with van der Waals surface area (Å²) >= 11 is 0. The zero-order valence-corrected chi connectivity index (χ0v) is 18.1. The highest BCUT2D eigenvalue weighted by Crippen LogP contribution is 2.28. The van der Waals surface area contributed by atoms with Crippen LogP contribution in [0.25, 0.3) is 0 Å². The Labute approximate surface area is 185 Å². The minimum atomic E-state index is -3.09. The molecule has 2 nitrogen and oxygen atoms in total. The van der Waals surface area contributed by atoms with E-state index in [0.29, 0.717) is 0 Å². The van der Waals surface area contributed by atoms with Gasteiger partial charge in [0.15, 0.2) is 0 Å². The summed E-state index contributed by atoms with van der Waals surface area (Å²) in [6.45, 7) is 0. The fourth-order valence-electron chi connectivity index (χ4n) is 3.99. The first-order valence-electron chi connectivity index (χ1n) is 10.1. The zero-order valence-electron chi connectivity index (χ0n) is 17.1. The minimum Gasteiger partial charge on any atom is -0.301 e. The lowest BCUT2D eigenvalue weighted by Gasteiger charge is -2.45. The van der Waals surface area contributed by atoms with Gasteiger partial charge in [0.05, 0.1) is 0 Å². The van der Waals surface area contributed by atoms with E-state index in [1.54, 1.807) is 0 Å². The Morgan fingerprint density at radius 3 is 1.03 bits per heavy atom. The molecule has 3 heteroatoms. The quantitative estimate of drug-likeness (QED) is 0.261. The van der Waals surface area contributed by atoms with Crippen LogP contribution in [0.4, 0.5) is 11.4 Å². The first-order chi connectivity index (χ1) is 15.3. The Morgan fingerprint density at radius 1 is 0.452 bits per heavy atom. The summed E-state index contributed by atoms with van der Waals surface area (Å²) in [4.78, 5) is 0. The van der Waals surface area contributed by atoms with Gasteiger partial charge < -0.3 is 9.13 Å². The van der Waals surface area contributed by atoms with Crippen molar-refractivity contribution >= 4 is 30.1 Å². The molecule has 0 saturated carbocycles. The van der Waals surface area contributed by atoms with Crippen LogP contribution in [0.1, 0.15) is 0 Å². The van der Waals surface area contributed by atoms with Crippen LogP contribution in [0.2, 0.25) is 0 Å². The van der Waals surface area contributed by atoms with Gasteiger partial charge in [-0.15, -0.1) is 0 Å². The number of nitrogens with zero attached hydrogens (tertiary/aromatic N) is 2. The van der Waals surface area contributed by atoms with Crippen molar-refractivity contribution in [3.05, 3.63) is 121 Å². The molecule has 0 bridgehead atoms. The van der Waals surface area contributed by atoms with Gasteiger partial charge in [0.25, 0.3) is 0 Å². The summed E-state index contributed by atoms with van der Waals surface area (Å²) in [6, 6.07) is 46.8. The van der Waals surface area contributed by atoms with E-state index in [4.69, 9.17) is 12.8 Å². The van der Waals surface area contributed by atoms with Crippen molar-refractivity contribution in [3.8, 4) is 24.9 Å². The molecule has 0 spiro atoms. The maximum absolute atomic E-state index is 6.25. The molecule has 4 aromatic rings. The Morgan fingerprint density at radius 2 is 0.742 bits per heavy atom. The number of benzene rings is 4. The van der Waals surface area contributed by atoms with Crippen LogP contribution in [0.15, 0.2) is 121 Å². The van der Waals surface area contributed by atoms with Crippen LogP contribution >= 0.6 is 0 Å². The third kappa shape index (κ3) is 3.60. The van der Waals surface area contributed by atoms with Crippen molar-refractivity contribution in [2.75, 3.05) is 9.13 Å². The third-order valence-electron chi connectivity index (χ3n) is 5.29. The lowest BCUT2D eigenvalue weighted by atomic mass is 10.3. The van der Waals surface area contributed by atoms with E-state index in [0.717, 1.165) is 21.7 Å². The molecule has 0 fully saturated rings. The number of rotatable bonds is 6. The van der Waals surface area contributed by atoms with E-state index >= 15 is 0 Å². The minimum absolute atomic E-state index is 0.931. The molecule has 0 heterocycles. The molecule has 4 aromatic carbocycles. The van der Waals surface area contributed by atoms with Crippen LogP contribution in [0.5, 0.6) is 0 Å². The maximum atomic E-state index is 6.25. The maximum Gasteiger partial charge on any atom is 0.355 e. The van der Waals surface area contributed by atoms with Crippen LogP contribution in [0, 0.1) is 24.9 Å². The molecule has 0 aromatic heterocycles. The summed E-state index contributed by atoms with van der Waals surface area (Å²) in [6.07, 6.45) is 12.5. The van der Waals surface area contributed by atoms with Gasteiger partial charge in [0.2, 0.25) is 0 Å². The van der Waals surface area contributed by atoms with Crippen molar-refractivity contribution in [2.24, 2.45) is 0 Å². The summed E-state index contributed by atoms with van der Waals surface area (Å²) in [7, 11) is -3.09. The van der Waals surface area contributed by atoms with E-state index < -0.39 is 8.40 Å². The van der Waals surface area contributed by atoms with Crippen LogP contribution < -0.4 is 19.5 Å². The molecule has 0 saturated heterocycles. The molecular weight excluding hydrogens is 392 g/mol. The van der Waals surface area contributed by atoms with E-state index in [1.807, 2.05) is 106 Å². The van der Waals surface area contributed by atoms with Gasteiger partial charge >= 0.3 is 8.40 Å². The van der Waals surface area contributed by atoms with Crippen LogP contribution in [-0.4, -0.2) is 8.40 Å². The SMILES string of the molecule is C#CN(c1ccccc1)[Si](c1ccccc1)(c1ccccc1)N(C#C)c1ccccc1. The second kappa shape index (κ2) is 9.09. The van der Waals surface area contributed by atoms with Crippen molar-refractivity contribution in [2.45, 2.75) is 0 Å². The smallest absolute Gasteiger partial charge is 0.301 e. The molecule has 0 aliphatic heterocycles. The van der Waals surface area contributed by atoms with Crippen molar-refractivity contribution in [1.82, 2.24) is 0 Å². The average Bonchev–Trinajstić information content (AvgIpc) is 2.86. The molecule has 0 N–H and O–H groups in total. The second-order valence-electron chi connectivity index (χ2n) is 7.00. The predicted octanol–water partition coefficient (Wildman–Crippen LogP) is 4.44. The fourth-order valence-corrected chi connectivity index (χ4v) is 8.29. The Bertz CT molecular complexity index is 1100. The highest BCUT2D eigenvalue weighted by atomic mass is 28.3. The highest BCUT2D eigenvalue weighted by molar-refractivity contribution is 7.08. The van der Waals surface area contributed by atoms with Crippen molar-refractivity contribution in [3.63, 3.8) is 0 Å². The highest BCUT2D eigenvalue weighted by Gasteiger charge is 2.51. The first kappa shape index (κ1) is 20.1. The van der Waals surface area contributed by atoms with Gasteiger partial charge in [-0.1, -0.05) is 110 Å². The Balaban J connectivity index is 2.13. The number of hydrogen-bond acceptors (Lipinski definition) is 2. The summed E-state index contributed by atoms with van der Waals surface area (Å²) in [5.41, 5.74) is 1.86. The van der Waals surface area contributed by atoms with Gasteiger partial charge in [-0.2, -0.15) is 0 Å². The molecule has 0 amide bonds. The standard InChI is InChI=1S/C28H22N2Si/c1-3-29(25-17-9-5-10-18-25)31(27-21-13-7-14-22-27,28-23-15-8-16-24-28)30(4-2)26-19-11-6-12-20-26/h1-2,5-24H.